The van der Waals surface area contributed by atoms with E-state index in [2.05, 4.69) is 17.0 Å². The van der Waals surface area contributed by atoms with Crippen molar-refractivity contribution in [1.82, 2.24) is 9.88 Å². The number of aliphatic hydroxyl groups excluding tert-OH is 1. The summed E-state index contributed by atoms with van der Waals surface area (Å²) < 4.78 is 11.6. The summed E-state index contributed by atoms with van der Waals surface area (Å²) in [6.45, 7) is 4.05. The van der Waals surface area contributed by atoms with Gasteiger partial charge >= 0.3 is 0 Å². The van der Waals surface area contributed by atoms with Crippen LogP contribution in [-0.4, -0.2) is 41.3 Å². The van der Waals surface area contributed by atoms with Gasteiger partial charge in [0, 0.05) is 30.1 Å². The molecule has 2 aromatic carbocycles. The minimum Gasteiger partial charge on any atom is -0.496 e. The zero-order valence-corrected chi connectivity index (χ0v) is 16.6. The van der Waals surface area contributed by atoms with Crippen molar-refractivity contribution in [3.63, 3.8) is 0 Å². The first-order valence-corrected chi connectivity index (χ1v) is 10.1. The van der Waals surface area contributed by atoms with Gasteiger partial charge in [-0.15, -0.1) is 0 Å². The molecule has 5 nitrogen and oxygen atoms in total. The summed E-state index contributed by atoms with van der Waals surface area (Å²) in [6, 6.07) is 12.6. The van der Waals surface area contributed by atoms with Gasteiger partial charge in [0.15, 0.2) is 0 Å². The zero-order chi connectivity index (χ0) is 19.5. The molecule has 148 valence electrons. The van der Waals surface area contributed by atoms with E-state index in [1.54, 1.807) is 7.11 Å². The molecule has 0 spiro atoms. The van der Waals surface area contributed by atoms with Crippen LogP contribution in [0.3, 0.4) is 0 Å². The fraction of sp³-hybridized carbons (Fsp3) is 0.435. The highest BCUT2D eigenvalue weighted by Gasteiger charge is 2.24. The van der Waals surface area contributed by atoms with Crippen LogP contribution in [0, 0.1) is 6.92 Å². The number of aliphatic hydroxyl groups is 1. The van der Waals surface area contributed by atoms with Crippen LogP contribution in [0.1, 0.15) is 37.1 Å². The van der Waals surface area contributed by atoms with Crippen molar-refractivity contribution in [3.8, 4) is 17.2 Å². The largest absolute Gasteiger partial charge is 0.496 e. The molecule has 0 aliphatic carbocycles. The predicted molar refractivity (Wildman–Crippen MR) is 110 cm³/mol. The van der Waals surface area contributed by atoms with Gasteiger partial charge in [0.1, 0.15) is 11.5 Å². The lowest BCUT2D eigenvalue weighted by atomic mass is 9.99. The smallest absolute Gasteiger partial charge is 0.227 e. The molecule has 5 heteroatoms. The first-order chi connectivity index (χ1) is 13.7. The van der Waals surface area contributed by atoms with Crippen LogP contribution in [0.15, 0.2) is 40.8 Å². The average molecular weight is 380 g/mol. The Bertz CT molecular complexity index is 948. The number of hydrogen-bond acceptors (Lipinski definition) is 5. The number of aromatic nitrogens is 1. The Labute approximate surface area is 165 Å². The maximum atomic E-state index is 9.38. The Hall–Kier alpha value is -2.37. The number of piperidine rings is 1. The minimum absolute atomic E-state index is 0.238. The summed E-state index contributed by atoms with van der Waals surface area (Å²) in [6.07, 6.45) is 4.41. The lowest BCUT2D eigenvalue weighted by Gasteiger charge is -2.35. The van der Waals surface area contributed by atoms with E-state index in [4.69, 9.17) is 14.1 Å². The van der Waals surface area contributed by atoms with Gasteiger partial charge in [0.2, 0.25) is 5.89 Å². The summed E-state index contributed by atoms with van der Waals surface area (Å²) in [7, 11) is 1.69. The maximum Gasteiger partial charge on any atom is 0.227 e. The molecular weight excluding hydrogens is 352 g/mol. The summed E-state index contributed by atoms with van der Waals surface area (Å²) in [5.74, 6) is 2.37. The van der Waals surface area contributed by atoms with E-state index in [0.29, 0.717) is 11.9 Å². The average Bonchev–Trinajstić information content (AvgIpc) is 3.09. The third kappa shape index (κ3) is 3.64. The van der Waals surface area contributed by atoms with Crippen LogP contribution in [0.5, 0.6) is 5.75 Å². The van der Waals surface area contributed by atoms with Crippen LogP contribution < -0.4 is 4.74 Å². The van der Waals surface area contributed by atoms with E-state index in [-0.39, 0.29) is 6.61 Å². The van der Waals surface area contributed by atoms with Crippen LogP contribution >= 0.6 is 0 Å². The highest BCUT2D eigenvalue weighted by molar-refractivity contribution is 5.98. The standard InChI is InChI=1S/C23H28N2O3/c1-16-21(15-25-13-6-5-7-17(25)12-14-26)24-23(28-16)20-10-11-22(27-2)19-9-4-3-8-18(19)20/h3-4,8-11,17,26H,5-7,12-15H2,1-2H3. The molecule has 1 fully saturated rings. The van der Waals surface area contributed by atoms with Crippen molar-refractivity contribution in [2.45, 2.75) is 45.2 Å². The molecule has 2 heterocycles. The number of rotatable bonds is 6. The number of aryl methyl sites for hydroxylation is 1. The van der Waals surface area contributed by atoms with Gasteiger partial charge in [0.05, 0.1) is 12.8 Å². The van der Waals surface area contributed by atoms with Crippen molar-refractivity contribution >= 4 is 10.8 Å². The van der Waals surface area contributed by atoms with Gasteiger partial charge in [-0.25, -0.2) is 4.98 Å². The summed E-state index contributed by atoms with van der Waals surface area (Å²) in [5.41, 5.74) is 1.97. The number of fused-ring (bicyclic) bond motifs is 1. The van der Waals surface area contributed by atoms with Gasteiger partial charge in [-0.2, -0.15) is 0 Å². The first kappa shape index (κ1) is 19.0. The second-order valence-corrected chi connectivity index (χ2v) is 7.52. The normalized spacial score (nSPS) is 17.9. The Kier molecular flexibility index (Phi) is 5.64. The molecule has 4 rings (SSSR count). The number of benzene rings is 2. The topological polar surface area (TPSA) is 58.7 Å². The van der Waals surface area contributed by atoms with E-state index in [9.17, 15) is 5.11 Å². The van der Waals surface area contributed by atoms with Gasteiger partial charge in [0.25, 0.3) is 0 Å². The van der Waals surface area contributed by atoms with Crippen molar-refractivity contribution in [1.29, 1.82) is 0 Å². The lowest BCUT2D eigenvalue weighted by Crippen LogP contribution is -2.39. The van der Waals surface area contributed by atoms with Crippen molar-refractivity contribution in [2.75, 3.05) is 20.3 Å². The third-order valence-corrected chi connectivity index (χ3v) is 5.79. The van der Waals surface area contributed by atoms with E-state index in [1.165, 1.54) is 12.8 Å². The minimum atomic E-state index is 0.238. The molecule has 3 aromatic rings. The van der Waals surface area contributed by atoms with Crippen LogP contribution in [0.4, 0.5) is 0 Å². The number of hydrogen-bond donors (Lipinski definition) is 1. The third-order valence-electron chi connectivity index (χ3n) is 5.79. The van der Waals surface area contributed by atoms with E-state index < -0.39 is 0 Å². The fourth-order valence-corrected chi connectivity index (χ4v) is 4.26. The van der Waals surface area contributed by atoms with Crippen molar-refractivity contribution in [3.05, 3.63) is 47.9 Å². The summed E-state index contributed by atoms with van der Waals surface area (Å²) in [5, 5.41) is 11.5. The molecule has 0 radical (unpaired) electrons. The number of nitrogens with zero attached hydrogens (tertiary/aromatic N) is 2. The Morgan fingerprint density at radius 2 is 2.00 bits per heavy atom. The molecule has 1 aliphatic heterocycles. The van der Waals surface area contributed by atoms with Crippen LogP contribution in [0.2, 0.25) is 0 Å². The maximum absolute atomic E-state index is 9.38. The molecule has 1 saturated heterocycles. The Balaban J connectivity index is 1.66. The van der Waals surface area contributed by atoms with Gasteiger partial charge in [-0.1, -0.05) is 30.7 Å². The molecule has 1 atom stereocenters. The molecule has 0 saturated carbocycles. The second-order valence-electron chi connectivity index (χ2n) is 7.52. The van der Waals surface area contributed by atoms with E-state index in [1.807, 2.05) is 31.2 Å². The van der Waals surface area contributed by atoms with E-state index >= 15 is 0 Å². The first-order valence-electron chi connectivity index (χ1n) is 10.1. The quantitative estimate of drug-likeness (QED) is 0.680. The van der Waals surface area contributed by atoms with Crippen LogP contribution in [0.25, 0.3) is 22.2 Å². The number of oxazole rings is 1. The Morgan fingerprint density at radius 3 is 2.79 bits per heavy atom. The molecule has 0 amide bonds. The predicted octanol–water partition coefficient (Wildman–Crippen LogP) is 4.55. The lowest BCUT2D eigenvalue weighted by molar-refractivity contribution is 0.111. The molecule has 0 bridgehead atoms. The summed E-state index contributed by atoms with van der Waals surface area (Å²) in [4.78, 5) is 7.31. The molecule has 1 N–H and O–H groups in total. The monoisotopic (exact) mass is 380 g/mol. The number of ether oxygens (including phenoxy) is 1. The molecule has 1 unspecified atom stereocenters. The fourth-order valence-electron chi connectivity index (χ4n) is 4.26. The Morgan fingerprint density at radius 1 is 1.18 bits per heavy atom. The highest BCUT2D eigenvalue weighted by atomic mass is 16.5. The SMILES string of the molecule is COc1ccc(-c2nc(CN3CCCCC3CCO)c(C)o2)c2ccccc12. The van der Waals surface area contributed by atoms with Gasteiger partial charge < -0.3 is 14.3 Å². The van der Waals surface area contributed by atoms with Gasteiger partial charge in [-0.3, -0.25) is 4.90 Å². The van der Waals surface area contributed by atoms with E-state index in [0.717, 1.165) is 59.5 Å². The highest BCUT2D eigenvalue weighted by Crippen LogP contribution is 2.35. The second kappa shape index (κ2) is 8.33. The molecule has 28 heavy (non-hydrogen) atoms. The summed E-state index contributed by atoms with van der Waals surface area (Å²) >= 11 is 0. The number of likely N-dealkylation sites (tertiary alicyclic amines) is 1. The number of methoxy groups -OCH3 is 1. The molecular formula is C23H28N2O3. The van der Waals surface area contributed by atoms with Crippen LogP contribution in [-0.2, 0) is 6.54 Å². The van der Waals surface area contributed by atoms with Crippen molar-refractivity contribution in [2.24, 2.45) is 0 Å². The zero-order valence-electron chi connectivity index (χ0n) is 16.6. The van der Waals surface area contributed by atoms with Crippen molar-refractivity contribution < 1.29 is 14.3 Å². The van der Waals surface area contributed by atoms with Gasteiger partial charge in [-0.05, 0) is 50.2 Å². The molecule has 1 aliphatic rings. The molecule has 1 aromatic heterocycles.